The Morgan fingerprint density at radius 1 is 1.07 bits per heavy atom. The summed E-state index contributed by atoms with van der Waals surface area (Å²) in [5, 5.41) is 4.00. The molecule has 0 radical (unpaired) electrons. The van der Waals surface area contributed by atoms with Gasteiger partial charge in [0.25, 0.3) is 5.91 Å². The van der Waals surface area contributed by atoms with Crippen molar-refractivity contribution < 1.29 is 9.53 Å². The second-order valence-electron chi connectivity index (χ2n) is 6.38. The van der Waals surface area contributed by atoms with Crippen molar-refractivity contribution in [3.05, 3.63) is 59.7 Å². The summed E-state index contributed by atoms with van der Waals surface area (Å²) in [5.74, 6) is 1.56. The van der Waals surface area contributed by atoms with E-state index < -0.39 is 0 Å². The highest BCUT2D eigenvalue weighted by Gasteiger charge is 2.10. The third-order valence-electron chi connectivity index (χ3n) is 4.70. The molecule has 3 rings (SSSR count). The first-order valence-electron chi connectivity index (χ1n) is 9.17. The van der Waals surface area contributed by atoms with E-state index >= 15 is 0 Å². The predicted molar refractivity (Wildman–Crippen MR) is 111 cm³/mol. The molecule has 1 amide bonds. The minimum absolute atomic E-state index is 0.151. The number of carbonyl (C=O) groups is 1. The number of carbonyl (C=O) groups excluding carboxylic acids is 1. The van der Waals surface area contributed by atoms with Gasteiger partial charge in [-0.2, -0.15) is 0 Å². The molecular weight excluding hydrogens is 338 g/mol. The smallest absolute Gasteiger partial charge is 0.255 e. The van der Waals surface area contributed by atoms with Gasteiger partial charge in [0.05, 0.1) is 12.6 Å². The highest BCUT2D eigenvalue weighted by molar-refractivity contribution is 6.05. The summed E-state index contributed by atoms with van der Waals surface area (Å²) in [6, 6.07) is 15.0. The van der Waals surface area contributed by atoms with E-state index in [9.17, 15) is 4.79 Å². The molecular formula is C22H25N3O2. The lowest BCUT2D eigenvalue weighted by atomic mass is 10.1. The van der Waals surface area contributed by atoms with Crippen LogP contribution in [0.1, 0.15) is 29.8 Å². The summed E-state index contributed by atoms with van der Waals surface area (Å²) < 4.78 is 5.13. The number of benzene rings is 2. The van der Waals surface area contributed by atoms with E-state index in [1.54, 1.807) is 31.4 Å². The second-order valence-corrected chi connectivity index (χ2v) is 6.38. The Hall–Kier alpha value is -3.08. The summed E-state index contributed by atoms with van der Waals surface area (Å²) in [5.41, 5.74) is 3.41. The number of ether oxygens (including phenoxy) is 1. The number of rotatable bonds is 6. The average Bonchev–Trinajstić information content (AvgIpc) is 2.69. The normalized spacial score (nSPS) is 10.7. The third-order valence-corrected chi connectivity index (χ3v) is 4.70. The Morgan fingerprint density at radius 2 is 1.78 bits per heavy atom. The van der Waals surface area contributed by atoms with Gasteiger partial charge < -0.3 is 15.0 Å². The number of fused-ring (bicyclic) bond motifs is 1. The summed E-state index contributed by atoms with van der Waals surface area (Å²) in [6.07, 6.45) is 0. The Labute approximate surface area is 160 Å². The van der Waals surface area contributed by atoms with Crippen LogP contribution >= 0.6 is 0 Å². The van der Waals surface area contributed by atoms with Gasteiger partial charge in [0.1, 0.15) is 11.6 Å². The summed E-state index contributed by atoms with van der Waals surface area (Å²) in [6.45, 7) is 8.17. The van der Waals surface area contributed by atoms with Gasteiger partial charge in [-0.1, -0.05) is 0 Å². The minimum Gasteiger partial charge on any atom is -0.497 e. The van der Waals surface area contributed by atoms with Crippen molar-refractivity contribution in [2.24, 2.45) is 0 Å². The van der Waals surface area contributed by atoms with Crippen molar-refractivity contribution in [2.75, 3.05) is 30.4 Å². The Morgan fingerprint density at radius 3 is 2.41 bits per heavy atom. The number of nitrogens with zero attached hydrogens (tertiary/aromatic N) is 2. The van der Waals surface area contributed by atoms with Crippen LogP contribution in [0, 0.1) is 6.92 Å². The van der Waals surface area contributed by atoms with Gasteiger partial charge >= 0.3 is 0 Å². The number of hydrogen-bond donors (Lipinski definition) is 1. The SMILES string of the molecule is CCN(CC)c1cc(C)c2cc(NC(=O)c3ccc(OC)cc3)ccc2n1. The Kier molecular flexibility index (Phi) is 5.60. The maximum absolute atomic E-state index is 12.5. The summed E-state index contributed by atoms with van der Waals surface area (Å²) in [7, 11) is 1.60. The number of methoxy groups -OCH3 is 1. The Bertz CT molecular complexity index is 948. The van der Waals surface area contributed by atoms with E-state index in [2.05, 4.69) is 37.1 Å². The summed E-state index contributed by atoms with van der Waals surface area (Å²) in [4.78, 5) is 19.5. The molecule has 5 nitrogen and oxygen atoms in total. The van der Waals surface area contributed by atoms with Crippen molar-refractivity contribution in [1.29, 1.82) is 0 Å². The molecule has 0 aliphatic carbocycles. The van der Waals surface area contributed by atoms with Crippen LogP contribution in [0.15, 0.2) is 48.5 Å². The molecule has 0 saturated carbocycles. The monoisotopic (exact) mass is 363 g/mol. The zero-order chi connectivity index (χ0) is 19.4. The quantitative estimate of drug-likeness (QED) is 0.693. The van der Waals surface area contributed by atoms with E-state index in [4.69, 9.17) is 9.72 Å². The topological polar surface area (TPSA) is 54.5 Å². The van der Waals surface area contributed by atoms with Crippen molar-refractivity contribution in [2.45, 2.75) is 20.8 Å². The predicted octanol–water partition coefficient (Wildman–Crippen LogP) is 4.65. The Balaban J connectivity index is 1.86. The van der Waals surface area contributed by atoms with E-state index in [0.29, 0.717) is 5.56 Å². The molecule has 0 aliphatic heterocycles. The molecule has 0 fully saturated rings. The van der Waals surface area contributed by atoms with Gasteiger partial charge in [-0.3, -0.25) is 4.79 Å². The maximum Gasteiger partial charge on any atom is 0.255 e. The number of hydrogen-bond acceptors (Lipinski definition) is 4. The van der Waals surface area contributed by atoms with Crippen LogP contribution in [0.5, 0.6) is 5.75 Å². The molecule has 2 aromatic carbocycles. The van der Waals surface area contributed by atoms with Crippen LogP contribution in [0.2, 0.25) is 0 Å². The maximum atomic E-state index is 12.5. The molecule has 0 atom stereocenters. The molecule has 0 aliphatic rings. The van der Waals surface area contributed by atoms with Crippen LogP contribution in [0.3, 0.4) is 0 Å². The molecule has 0 bridgehead atoms. The lowest BCUT2D eigenvalue weighted by Gasteiger charge is -2.21. The number of anilines is 2. The molecule has 1 heterocycles. The molecule has 0 spiro atoms. The van der Waals surface area contributed by atoms with Crippen molar-refractivity contribution in [1.82, 2.24) is 4.98 Å². The van der Waals surface area contributed by atoms with E-state index in [0.717, 1.165) is 46.8 Å². The van der Waals surface area contributed by atoms with Crippen LogP contribution < -0.4 is 15.0 Å². The van der Waals surface area contributed by atoms with Gasteiger partial charge in [0, 0.05) is 29.7 Å². The van der Waals surface area contributed by atoms with Crippen LogP contribution in [-0.4, -0.2) is 31.1 Å². The first kappa shape index (κ1) is 18.7. The lowest BCUT2D eigenvalue weighted by molar-refractivity contribution is 0.102. The fourth-order valence-electron chi connectivity index (χ4n) is 3.11. The van der Waals surface area contributed by atoms with Gasteiger partial charge in [-0.05, 0) is 74.9 Å². The summed E-state index contributed by atoms with van der Waals surface area (Å²) >= 11 is 0. The third kappa shape index (κ3) is 4.03. The van der Waals surface area contributed by atoms with E-state index in [-0.39, 0.29) is 5.91 Å². The number of nitrogens with one attached hydrogen (secondary N) is 1. The first-order valence-corrected chi connectivity index (χ1v) is 9.17. The van der Waals surface area contributed by atoms with Gasteiger partial charge in [0.2, 0.25) is 0 Å². The molecule has 5 heteroatoms. The van der Waals surface area contributed by atoms with Crippen LogP contribution in [0.4, 0.5) is 11.5 Å². The largest absolute Gasteiger partial charge is 0.497 e. The highest BCUT2D eigenvalue weighted by atomic mass is 16.5. The average molecular weight is 363 g/mol. The molecule has 1 N–H and O–H groups in total. The number of aryl methyl sites for hydroxylation is 1. The molecule has 0 saturated heterocycles. The second kappa shape index (κ2) is 8.08. The zero-order valence-electron chi connectivity index (χ0n) is 16.2. The number of amides is 1. The molecule has 140 valence electrons. The van der Waals surface area contributed by atoms with Crippen molar-refractivity contribution >= 4 is 28.3 Å². The van der Waals surface area contributed by atoms with Crippen LogP contribution in [-0.2, 0) is 0 Å². The van der Waals surface area contributed by atoms with Gasteiger partial charge in [-0.25, -0.2) is 4.98 Å². The molecule has 0 unspecified atom stereocenters. The number of aromatic nitrogens is 1. The van der Waals surface area contributed by atoms with Crippen molar-refractivity contribution in [3.8, 4) is 5.75 Å². The standard InChI is InChI=1S/C22H25N3O2/c1-5-25(6-2)21-13-15(3)19-14-17(9-12-20(19)24-21)23-22(26)16-7-10-18(27-4)11-8-16/h7-14H,5-6H2,1-4H3,(H,23,26). The van der Waals surface area contributed by atoms with E-state index in [1.807, 2.05) is 18.2 Å². The molecule has 27 heavy (non-hydrogen) atoms. The molecule has 3 aromatic rings. The lowest BCUT2D eigenvalue weighted by Crippen LogP contribution is -2.23. The number of pyridine rings is 1. The van der Waals surface area contributed by atoms with Crippen molar-refractivity contribution in [3.63, 3.8) is 0 Å². The van der Waals surface area contributed by atoms with Gasteiger partial charge in [0.15, 0.2) is 0 Å². The molecule has 1 aromatic heterocycles. The fourth-order valence-corrected chi connectivity index (χ4v) is 3.11. The fraction of sp³-hybridized carbons (Fsp3) is 0.273. The minimum atomic E-state index is -0.151. The van der Waals surface area contributed by atoms with E-state index in [1.165, 1.54) is 0 Å². The van der Waals surface area contributed by atoms with Crippen LogP contribution in [0.25, 0.3) is 10.9 Å². The van der Waals surface area contributed by atoms with Gasteiger partial charge in [-0.15, -0.1) is 0 Å². The highest BCUT2D eigenvalue weighted by Crippen LogP contribution is 2.25. The zero-order valence-corrected chi connectivity index (χ0v) is 16.2. The first-order chi connectivity index (χ1) is 13.0.